The van der Waals surface area contributed by atoms with Crippen LogP contribution < -0.4 is 10.6 Å². The van der Waals surface area contributed by atoms with Crippen LogP contribution in [0.15, 0.2) is 77.4 Å². The van der Waals surface area contributed by atoms with Crippen molar-refractivity contribution in [3.05, 3.63) is 89.9 Å². The van der Waals surface area contributed by atoms with E-state index < -0.39 is 11.5 Å². The highest BCUT2D eigenvalue weighted by Crippen LogP contribution is 2.26. The fraction of sp³-hybridized carbons (Fsp3) is 0.250. The molecule has 0 radical (unpaired) electrons. The van der Waals surface area contributed by atoms with Crippen molar-refractivity contribution in [2.75, 3.05) is 11.9 Å². The Kier molecular flexibility index (Phi) is 6.69. The summed E-state index contributed by atoms with van der Waals surface area (Å²) in [5.41, 5.74) is 1.48. The lowest BCUT2D eigenvalue weighted by Crippen LogP contribution is -2.43. The summed E-state index contributed by atoms with van der Waals surface area (Å²) in [5, 5.41) is 16.0. The van der Waals surface area contributed by atoms with Gasteiger partial charge in [-0.15, -0.1) is 0 Å². The van der Waals surface area contributed by atoms with E-state index in [9.17, 15) is 14.7 Å². The smallest absolute Gasteiger partial charge is 0.291 e. The van der Waals surface area contributed by atoms with Crippen LogP contribution in [0.25, 0.3) is 0 Å². The summed E-state index contributed by atoms with van der Waals surface area (Å²) >= 11 is 0. The van der Waals surface area contributed by atoms with Gasteiger partial charge in [-0.25, -0.2) is 0 Å². The van der Waals surface area contributed by atoms with E-state index >= 15 is 0 Å². The SMILES string of the molecule is C[C@@H](O)[C@](C)(CNC(=O)c1cccc(NC(=O)c2ccco2)c1)Cc1ccccc1. The van der Waals surface area contributed by atoms with E-state index in [2.05, 4.69) is 10.6 Å². The monoisotopic (exact) mass is 406 g/mol. The first-order chi connectivity index (χ1) is 14.4. The maximum Gasteiger partial charge on any atom is 0.291 e. The molecule has 0 spiro atoms. The molecule has 6 heteroatoms. The molecule has 1 aromatic heterocycles. The third kappa shape index (κ3) is 5.36. The Hall–Kier alpha value is -3.38. The molecule has 2 atom stereocenters. The van der Waals surface area contributed by atoms with Gasteiger partial charge in [-0.2, -0.15) is 0 Å². The second-order valence-electron chi connectivity index (χ2n) is 7.69. The molecule has 0 saturated heterocycles. The maximum absolute atomic E-state index is 12.7. The Bertz CT molecular complexity index is 983. The number of furan rings is 1. The lowest BCUT2D eigenvalue weighted by Gasteiger charge is -2.33. The van der Waals surface area contributed by atoms with Crippen molar-refractivity contribution in [2.24, 2.45) is 5.41 Å². The van der Waals surface area contributed by atoms with Crippen LogP contribution >= 0.6 is 0 Å². The Morgan fingerprint density at radius 3 is 2.47 bits per heavy atom. The number of hydrogen-bond donors (Lipinski definition) is 3. The molecule has 0 bridgehead atoms. The van der Waals surface area contributed by atoms with Gasteiger partial charge in [-0.1, -0.05) is 43.3 Å². The van der Waals surface area contributed by atoms with Gasteiger partial charge in [0.25, 0.3) is 11.8 Å². The number of nitrogens with one attached hydrogen (secondary N) is 2. The van der Waals surface area contributed by atoms with Gasteiger partial charge >= 0.3 is 0 Å². The Morgan fingerprint density at radius 1 is 1.03 bits per heavy atom. The van der Waals surface area contributed by atoms with E-state index in [1.807, 2.05) is 37.3 Å². The van der Waals surface area contributed by atoms with Gasteiger partial charge in [0.15, 0.2) is 5.76 Å². The highest BCUT2D eigenvalue weighted by molar-refractivity contribution is 6.03. The van der Waals surface area contributed by atoms with Crippen molar-refractivity contribution < 1.29 is 19.1 Å². The molecule has 6 nitrogen and oxygen atoms in total. The van der Waals surface area contributed by atoms with Crippen molar-refractivity contribution in [3.8, 4) is 0 Å². The van der Waals surface area contributed by atoms with Gasteiger partial charge in [-0.05, 0) is 49.2 Å². The lowest BCUT2D eigenvalue weighted by atomic mass is 9.79. The summed E-state index contributed by atoms with van der Waals surface area (Å²) < 4.78 is 5.08. The minimum Gasteiger partial charge on any atom is -0.459 e. The number of rotatable bonds is 8. The maximum atomic E-state index is 12.7. The van der Waals surface area contributed by atoms with Gasteiger partial charge in [0.2, 0.25) is 0 Å². The molecule has 0 aliphatic heterocycles. The summed E-state index contributed by atoms with van der Waals surface area (Å²) in [5.74, 6) is -0.468. The third-order valence-electron chi connectivity index (χ3n) is 5.24. The van der Waals surface area contributed by atoms with Gasteiger partial charge in [-0.3, -0.25) is 9.59 Å². The quantitative estimate of drug-likeness (QED) is 0.529. The molecule has 0 saturated carbocycles. The van der Waals surface area contributed by atoms with Crippen molar-refractivity contribution in [2.45, 2.75) is 26.4 Å². The predicted molar refractivity (Wildman–Crippen MR) is 115 cm³/mol. The molecule has 0 aliphatic rings. The summed E-state index contributed by atoms with van der Waals surface area (Å²) in [7, 11) is 0. The van der Waals surface area contributed by atoms with Crippen molar-refractivity contribution >= 4 is 17.5 Å². The predicted octanol–water partition coefficient (Wildman–Crippen LogP) is 3.89. The Balaban J connectivity index is 1.65. The third-order valence-corrected chi connectivity index (χ3v) is 5.24. The first-order valence-electron chi connectivity index (χ1n) is 9.82. The molecule has 2 amide bonds. The molecule has 0 aliphatic carbocycles. The fourth-order valence-corrected chi connectivity index (χ4v) is 3.14. The summed E-state index contributed by atoms with van der Waals surface area (Å²) in [4.78, 5) is 24.8. The van der Waals surface area contributed by atoms with E-state index in [4.69, 9.17) is 4.42 Å². The molecule has 1 heterocycles. The summed E-state index contributed by atoms with van der Waals surface area (Å²) in [6.07, 6.45) is 1.44. The zero-order valence-electron chi connectivity index (χ0n) is 17.1. The number of aliphatic hydroxyl groups is 1. The van der Waals surface area contributed by atoms with E-state index in [1.165, 1.54) is 6.26 Å². The average Bonchev–Trinajstić information content (AvgIpc) is 3.28. The standard InChI is InChI=1S/C24H26N2O4/c1-17(27)24(2,15-18-8-4-3-5-9-18)16-25-22(28)19-10-6-11-20(14-19)26-23(29)21-12-7-13-30-21/h3-14,17,27H,15-16H2,1-2H3,(H,25,28)(H,26,29)/t17-,24+/m1/s1. The van der Waals surface area contributed by atoms with Gasteiger partial charge in [0.1, 0.15) is 0 Å². The molecule has 30 heavy (non-hydrogen) atoms. The summed E-state index contributed by atoms with van der Waals surface area (Å²) in [6.45, 7) is 3.99. The first-order valence-corrected chi connectivity index (χ1v) is 9.82. The topological polar surface area (TPSA) is 91.6 Å². The zero-order valence-corrected chi connectivity index (χ0v) is 17.1. The number of benzene rings is 2. The number of aliphatic hydroxyl groups excluding tert-OH is 1. The van der Waals surface area contributed by atoms with E-state index in [0.717, 1.165) is 5.56 Å². The van der Waals surface area contributed by atoms with Gasteiger partial charge in [0.05, 0.1) is 12.4 Å². The van der Waals surface area contributed by atoms with Crippen molar-refractivity contribution in [1.29, 1.82) is 0 Å². The van der Waals surface area contributed by atoms with Crippen LogP contribution in [0, 0.1) is 5.41 Å². The molecule has 0 unspecified atom stereocenters. The van der Waals surface area contributed by atoms with E-state index in [0.29, 0.717) is 24.2 Å². The lowest BCUT2D eigenvalue weighted by molar-refractivity contribution is 0.0500. The molecule has 3 rings (SSSR count). The van der Waals surface area contributed by atoms with E-state index in [1.54, 1.807) is 43.3 Å². The first kappa shape index (κ1) is 21.3. The van der Waals surface area contributed by atoms with Crippen LogP contribution in [-0.4, -0.2) is 29.6 Å². The molecular weight excluding hydrogens is 380 g/mol. The van der Waals surface area contributed by atoms with Crippen molar-refractivity contribution in [3.63, 3.8) is 0 Å². The Labute approximate surface area is 175 Å². The highest BCUT2D eigenvalue weighted by atomic mass is 16.3. The zero-order chi connectivity index (χ0) is 21.6. The van der Waals surface area contributed by atoms with Crippen LogP contribution in [0.4, 0.5) is 5.69 Å². The van der Waals surface area contributed by atoms with Crippen LogP contribution in [0.1, 0.15) is 40.3 Å². The molecule has 2 aromatic carbocycles. The van der Waals surface area contributed by atoms with Crippen LogP contribution in [-0.2, 0) is 6.42 Å². The van der Waals surface area contributed by atoms with Crippen molar-refractivity contribution in [1.82, 2.24) is 5.32 Å². The fourth-order valence-electron chi connectivity index (χ4n) is 3.14. The number of carbonyl (C=O) groups is 2. The molecule has 3 N–H and O–H groups in total. The average molecular weight is 406 g/mol. The molecule has 156 valence electrons. The molecule has 3 aromatic rings. The number of amides is 2. The van der Waals surface area contributed by atoms with Crippen LogP contribution in [0.5, 0.6) is 0 Å². The summed E-state index contributed by atoms with van der Waals surface area (Å²) in [6, 6.07) is 19.8. The minimum atomic E-state index is -0.614. The molecular formula is C24H26N2O4. The van der Waals surface area contributed by atoms with Crippen LogP contribution in [0.2, 0.25) is 0 Å². The second-order valence-corrected chi connectivity index (χ2v) is 7.69. The minimum absolute atomic E-state index is 0.193. The van der Waals surface area contributed by atoms with Gasteiger partial charge in [0, 0.05) is 23.2 Å². The number of hydrogen-bond acceptors (Lipinski definition) is 4. The number of carbonyl (C=O) groups excluding carboxylic acids is 2. The normalized spacial score (nSPS) is 13.8. The van der Waals surface area contributed by atoms with Gasteiger partial charge < -0.3 is 20.2 Å². The Morgan fingerprint density at radius 2 is 1.80 bits per heavy atom. The van der Waals surface area contributed by atoms with Crippen LogP contribution in [0.3, 0.4) is 0 Å². The number of anilines is 1. The highest BCUT2D eigenvalue weighted by Gasteiger charge is 2.31. The largest absolute Gasteiger partial charge is 0.459 e. The van der Waals surface area contributed by atoms with E-state index in [-0.39, 0.29) is 17.6 Å². The molecule has 0 fully saturated rings. The second kappa shape index (κ2) is 9.41.